The van der Waals surface area contributed by atoms with Gasteiger partial charge in [0.1, 0.15) is 18.2 Å². The fourth-order valence-electron chi connectivity index (χ4n) is 2.61. The number of nitrogens with one attached hydrogen (secondary N) is 2. The molecule has 168 valence electrons. The molecule has 0 bridgehead atoms. The van der Waals surface area contributed by atoms with E-state index in [0.29, 0.717) is 36.1 Å². The number of amides is 2. The second-order valence-electron chi connectivity index (χ2n) is 6.55. The van der Waals surface area contributed by atoms with Crippen LogP contribution in [0.1, 0.15) is 38.5 Å². The van der Waals surface area contributed by atoms with Gasteiger partial charge in [0.2, 0.25) is 5.01 Å². The normalized spacial score (nSPS) is 10.6. The van der Waals surface area contributed by atoms with Crippen LogP contribution in [0.4, 0.5) is 10.1 Å². The lowest BCUT2D eigenvalue weighted by molar-refractivity contribution is 0.0943. The molecule has 0 fully saturated rings. The second-order valence-corrected chi connectivity index (χ2v) is 7.62. The lowest BCUT2D eigenvalue weighted by Gasteiger charge is -2.07. The molecular formula is C22H23FN4O4S. The first-order valence-corrected chi connectivity index (χ1v) is 10.9. The van der Waals surface area contributed by atoms with E-state index in [-0.39, 0.29) is 23.2 Å². The molecule has 2 amide bonds. The Labute approximate surface area is 188 Å². The third kappa shape index (κ3) is 6.82. The van der Waals surface area contributed by atoms with Crippen molar-refractivity contribution in [3.63, 3.8) is 0 Å². The summed E-state index contributed by atoms with van der Waals surface area (Å²) in [6.07, 6.45) is 0.753. The average molecular weight is 459 g/mol. The maximum atomic E-state index is 13.7. The van der Waals surface area contributed by atoms with Crippen LogP contribution in [0.2, 0.25) is 0 Å². The van der Waals surface area contributed by atoms with E-state index in [4.69, 9.17) is 9.47 Å². The van der Waals surface area contributed by atoms with Crippen LogP contribution in [-0.4, -0.2) is 41.8 Å². The number of benzene rings is 2. The molecule has 2 aromatic carbocycles. The molecule has 0 radical (unpaired) electrons. The minimum absolute atomic E-state index is 0.0731. The van der Waals surface area contributed by atoms with Gasteiger partial charge in [0, 0.05) is 25.3 Å². The molecule has 32 heavy (non-hydrogen) atoms. The smallest absolute Gasteiger partial charge is 0.286 e. The number of rotatable bonds is 11. The van der Waals surface area contributed by atoms with Gasteiger partial charge in [-0.15, -0.1) is 10.2 Å². The number of hydrogen-bond donors (Lipinski definition) is 2. The van der Waals surface area contributed by atoms with Gasteiger partial charge in [0.15, 0.2) is 5.01 Å². The molecule has 0 atom stereocenters. The Balaban J connectivity index is 1.47. The van der Waals surface area contributed by atoms with Gasteiger partial charge in [0.05, 0.1) is 5.69 Å². The van der Waals surface area contributed by atoms with E-state index in [1.807, 2.05) is 6.92 Å². The molecule has 1 aromatic heterocycles. The molecule has 0 unspecified atom stereocenters. The summed E-state index contributed by atoms with van der Waals surface area (Å²) in [5.41, 5.74) is 0.598. The molecule has 0 saturated carbocycles. The van der Waals surface area contributed by atoms with E-state index in [1.165, 1.54) is 18.2 Å². The Morgan fingerprint density at radius 3 is 2.59 bits per heavy atom. The van der Waals surface area contributed by atoms with Crippen molar-refractivity contribution < 1.29 is 23.5 Å². The molecule has 0 spiro atoms. The largest absolute Gasteiger partial charge is 0.486 e. The Bertz CT molecular complexity index is 1040. The van der Waals surface area contributed by atoms with Crippen molar-refractivity contribution in [2.75, 3.05) is 25.1 Å². The van der Waals surface area contributed by atoms with Crippen LogP contribution in [0.5, 0.6) is 5.75 Å². The summed E-state index contributed by atoms with van der Waals surface area (Å²) in [5.74, 6) is -0.694. The highest BCUT2D eigenvalue weighted by Gasteiger charge is 2.15. The number of carbonyl (C=O) groups is 2. The topological polar surface area (TPSA) is 102 Å². The first kappa shape index (κ1) is 23.3. The third-order valence-corrected chi connectivity index (χ3v) is 5.11. The van der Waals surface area contributed by atoms with Gasteiger partial charge in [-0.2, -0.15) is 0 Å². The van der Waals surface area contributed by atoms with Gasteiger partial charge in [-0.25, -0.2) is 4.39 Å². The van der Waals surface area contributed by atoms with Crippen LogP contribution >= 0.6 is 11.3 Å². The Morgan fingerprint density at radius 1 is 1.06 bits per heavy atom. The van der Waals surface area contributed by atoms with E-state index in [9.17, 15) is 14.0 Å². The number of halogens is 1. The monoisotopic (exact) mass is 458 g/mol. The van der Waals surface area contributed by atoms with Gasteiger partial charge in [-0.1, -0.05) is 23.5 Å². The zero-order valence-electron chi connectivity index (χ0n) is 17.5. The van der Waals surface area contributed by atoms with Crippen LogP contribution in [0.3, 0.4) is 0 Å². The highest BCUT2D eigenvalue weighted by Crippen LogP contribution is 2.18. The molecule has 0 aliphatic heterocycles. The molecule has 10 heteroatoms. The van der Waals surface area contributed by atoms with Crippen molar-refractivity contribution in [3.05, 3.63) is 69.9 Å². The first-order chi connectivity index (χ1) is 15.6. The number of para-hydroxylation sites is 1. The van der Waals surface area contributed by atoms with Gasteiger partial charge < -0.3 is 20.1 Å². The van der Waals surface area contributed by atoms with Crippen molar-refractivity contribution >= 4 is 28.8 Å². The summed E-state index contributed by atoms with van der Waals surface area (Å²) in [7, 11) is 0. The lowest BCUT2D eigenvalue weighted by atomic mass is 10.2. The summed E-state index contributed by atoms with van der Waals surface area (Å²) < 4.78 is 24.5. The van der Waals surface area contributed by atoms with Crippen molar-refractivity contribution in [3.8, 4) is 5.75 Å². The van der Waals surface area contributed by atoms with E-state index in [0.717, 1.165) is 17.8 Å². The lowest BCUT2D eigenvalue weighted by Crippen LogP contribution is -2.25. The van der Waals surface area contributed by atoms with Gasteiger partial charge in [0.25, 0.3) is 11.8 Å². The maximum absolute atomic E-state index is 13.7. The molecule has 1 heterocycles. The van der Waals surface area contributed by atoms with Gasteiger partial charge >= 0.3 is 0 Å². The molecular weight excluding hydrogens is 435 g/mol. The summed E-state index contributed by atoms with van der Waals surface area (Å²) in [4.78, 5) is 24.3. The quantitative estimate of drug-likeness (QED) is 0.425. The highest BCUT2D eigenvalue weighted by molar-refractivity contribution is 7.13. The highest BCUT2D eigenvalue weighted by atomic mass is 32.1. The summed E-state index contributed by atoms with van der Waals surface area (Å²) in [6, 6.07) is 12.6. The Hall–Kier alpha value is -3.37. The first-order valence-electron chi connectivity index (χ1n) is 10.0. The minimum atomic E-state index is -0.546. The predicted molar refractivity (Wildman–Crippen MR) is 118 cm³/mol. The molecule has 0 aliphatic rings. The number of carbonyl (C=O) groups excluding carboxylic acids is 2. The zero-order chi connectivity index (χ0) is 22.8. The maximum Gasteiger partial charge on any atom is 0.286 e. The van der Waals surface area contributed by atoms with E-state index in [1.54, 1.807) is 30.3 Å². The van der Waals surface area contributed by atoms with Crippen LogP contribution in [-0.2, 0) is 11.3 Å². The van der Waals surface area contributed by atoms with Crippen molar-refractivity contribution in [1.29, 1.82) is 0 Å². The molecule has 8 nitrogen and oxygen atoms in total. The zero-order valence-corrected chi connectivity index (χ0v) is 18.3. The van der Waals surface area contributed by atoms with E-state index < -0.39 is 11.7 Å². The molecule has 0 aliphatic carbocycles. The van der Waals surface area contributed by atoms with Crippen molar-refractivity contribution in [2.45, 2.75) is 20.0 Å². The van der Waals surface area contributed by atoms with Gasteiger partial charge in [-0.05, 0) is 49.7 Å². The van der Waals surface area contributed by atoms with Gasteiger partial charge in [-0.3, -0.25) is 9.59 Å². The number of nitrogens with zero attached hydrogens (tertiary/aromatic N) is 2. The molecule has 3 aromatic rings. The summed E-state index contributed by atoms with van der Waals surface area (Å²) in [5, 5.41) is 13.6. The third-order valence-electron chi connectivity index (χ3n) is 4.22. The van der Waals surface area contributed by atoms with Crippen molar-refractivity contribution in [1.82, 2.24) is 15.5 Å². The standard InChI is InChI=1S/C22H23FN4O4S/c1-2-30-13-5-12-24-20(28)15-8-10-16(11-9-15)31-14-19-26-27-22(32-19)21(29)25-18-7-4-3-6-17(18)23/h3-4,6-11H,2,5,12-14H2,1H3,(H,24,28)(H,25,29). The SMILES string of the molecule is CCOCCCNC(=O)c1ccc(OCc2nnc(C(=O)Nc3ccccc3F)s2)cc1. The minimum Gasteiger partial charge on any atom is -0.486 e. The Morgan fingerprint density at radius 2 is 1.84 bits per heavy atom. The van der Waals surface area contributed by atoms with Crippen LogP contribution in [0, 0.1) is 5.82 Å². The fraction of sp³-hybridized carbons (Fsp3) is 0.273. The Kier molecular flexibility index (Phi) is 8.64. The molecule has 3 rings (SSSR count). The molecule has 2 N–H and O–H groups in total. The number of hydrogen-bond acceptors (Lipinski definition) is 7. The second kappa shape index (κ2) is 11.9. The van der Waals surface area contributed by atoms with E-state index >= 15 is 0 Å². The average Bonchev–Trinajstić information content (AvgIpc) is 3.28. The van der Waals surface area contributed by atoms with Crippen LogP contribution in [0.15, 0.2) is 48.5 Å². The summed E-state index contributed by atoms with van der Waals surface area (Å²) >= 11 is 1.05. The fourth-order valence-corrected chi connectivity index (χ4v) is 3.26. The predicted octanol–water partition coefficient (Wildman–Crippen LogP) is 3.66. The van der Waals surface area contributed by atoms with E-state index in [2.05, 4.69) is 20.8 Å². The molecule has 0 saturated heterocycles. The van der Waals surface area contributed by atoms with Crippen LogP contribution < -0.4 is 15.4 Å². The number of anilines is 1. The number of aromatic nitrogens is 2. The van der Waals surface area contributed by atoms with Crippen molar-refractivity contribution in [2.24, 2.45) is 0 Å². The van der Waals surface area contributed by atoms with Crippen LogP contribution in [0.25, 0.3) is 0 Å². The summed E-state index contributed by atoms with van der Waals surface area (Å²) in [6.45, 7) is 3.85. The number of ether oxygens (including phenoxy) is 2.